The van der Waals surface area contributed by atoms with E-state index >= 15 is 0 Å². The lowest BCUT2D eigenvalue weighted by Gasteiger charge is -2.35. The average molecular weight is 352 g/mol. The van der Waals surface area contributed by atoms with Crippen LogP contribution in [0.1, 0.15) is 5.56 Å². The van der Waals surface area contributed by atoms with E-state index < -0.39 is 0 Å². The molecule has 1 aromatic carbocycles. The highest BCUT2D eigenvalue weighted by molar-refractivity contribution is 5.44. The van der Waals surface area contributed by atoms with Crippen molar-refractivity contribution in [3.05, 3.63) is 48.0 Å². The molecule has 4 rings (SSSR count). The summed E-state index contributed by atoms with van der Waals surface area (Å²) in [5.74, 6) is 0.936. The molecule has 3 aromatic rings. The molecule has 0 unspecified atom stereocenters. The number of hydrogen-bond acceptors (Lipinski definition) is 7. The second-order valence-electron chi connectivity index (χ2n) is 6.77. The molecule has 0 radical (unpaired) electrons. The minimum Gasteiger partial charge on any atom is -0.353 e. The van der Waals surface area contributed by atoms with Crippen molar-refractivity contribution < 1.29 is 0 Å². The normalized spacial score (nSPS) is 15.8. The summed E-state index contributed by atoms with van der Waals surface area (Å²) in [5.41, 5.74) is 2.04. The monoisotopic (exact) mass is 352 g/mol. The van der Waals surface area contributed by atoms with Gasteiger partial charge in [-0.2, -0.15) is 0 Å². The van der Waals surface area contributed by atoms with Gasteiger partial charge >= 0.3 is 0 Å². The van der Waals surface area contributed by atoms with E-state index in [0.29, 0.717) is 5.65 Å². The maximum atomic E-state index is 4.48. The maximum Gasteiger partial charge on any atom is 0.200 e. The van der Waals surface area contributed by atoms with E-state index in [0.717, 1.165) is 51.6 Å². The first-order valence-corrected chi connectivity index (χ1v) is 9.03. The number of likely N-dealkylation sites (N-methyl/N-ethyl adjacent to an activating group) is 1. The van der Waals surface area contributed by atoms with E-state index in [9.17, 15) is 0 Å². The molecule has 0 saturated carbocycles. The average Bonchev–Trinajstić information content (AvgIpc) is 3.15. The van der Waals surface area contributed by atoms with Crippen LogP contribution in [0.4, 0.5) is 5.82 Å². The van der Waals surface area contributed by atoms with Gasteiger partial charge in [0.1, 0.15) is 0 Å². The van der Waals surface area contributed by atoms with Crippen molar-refractivity contribution >= 4 is 11.5 Å². The lowest BCUT2D eigenvalue weighted by atomic mass is 10.2. The van der Waals surface area contributed by atoms with Crippen molar-refractivity contribution in [1.29, 1.82) is 0 Å². The quantitative estimate of drug-likeness (QED) is 0.649. The highest BCUT2D eigenvalue weighted by Gasteiger charge is 2.18. The summed E-state index contributed by atoms with van der Waals surface area (Å²) in [6.07, 6.45) is 0. The molecule has 1 saturated heterocycles. The molecule has 8 heteroatoms. The molecule has 0 amide bonds. The van der Waals surface area contributed by atoms with Gasteiger partial charge < -0.3 is 9.80 Å². The lowest BCUT2D eigenvalue weighted by molar-refractivity contribution is 0.212. The number of hydrogen-bond donors (Lipinski definition) is 0. The van der Waals surface area contributed by atoms with E-state index in [-0.39, 0.29) is 0 Å². The minimum absolute atomic E-state index is 0.675. The Morgan fingerprint density at radius 2 is 1.81 bits per heavy atom. The zero-order valence-corrected chi connectivity index (χ0v) is 15.1. The molecule has 0 bridgehead atoms. The number of fused-ring (bicyclic) bond motifs is 1. The Kier molecular flexibility index (Phi) is 5.03. The molecule has 0 spiro atoms. The van der Waals surface area contributed by atoms with Gasteiger partial charge in [0.05, 0.1) is 0 Å². The Morgan fingerprint density at radius 1 is 1.00 bits per heavy atom. The molecule has 1 aliphatic heterocycles. The third-order valence-electron chi connectivity index (χ3n) is 4.85. The summed E-state index contributed by atoms with van der Waals surface area (Å²) in [6.45, 7) is 7.21. The van der Waals surface area contributed by atoms with Gasteiger partial charge in [0.15, 0.2) is 11.5 Å². The first-order chi connectivity index (χ1) is 12.8. The maximum absolute atomic E-state index is 4.48. The van der Waals surface area contributed by atoms with Gasteiger partial charge in [-0.05, 0) is 35.2 Å². The van der Waals surface area contributed by atoms with Crippen LogP contribution in [0.3, 0.4) is 0 Å². The van der Waals surface area contributed by atoms with Crippen molar-refractivity contribution in [2.24, 2.45) is 0 Å². The molecule has 8 nitrogen and oxygen atoms in total. The van der Waals surface area contributed by atoms with Gasteiger partial charge in [0, 0.05) is 45.8 Å². The van der Waals surface area contributed by atoms with Crippen LogP contribution in [-0.4, -0.2) is 81.4 Å². The van der Waals surface area contributed by atoms with Gasteiger partial charge in [-0.1, -0.05) is 30.3 Å². The van der Waals surface area contributed by atoms with Gasteiger partial charge in [-0.25, -0.2) is 0 Å². The van der Waals surface area contributed by atoms with E-state index in [1.165, 1.54) is 10.2 Å². The van der Waals surface area contributed by atoms with Crippen molar-refractivity contribution in [3.63, 3.8) is 0 Å². The van der Waals surface area contributed by atoms with Crippen LogP contribution in [0.25, 0.3) is 5.65 Å². The lowest BCUT2D eigenvalue weighted by Crippen LogP contribution is -2.48. The number of aromatic nitrogens is 5. The second kappa shape index (κ2) is 7.76. The second-order valence-corrected chi connectivity index (χ2v) is 6.77. The SMILES string of the molecule is CN(CCN1CCN(c2ccc3nnnn3n2)CC1)Cc1ccccc1. The number of nitrogens with zero attached hydrogens (tertiary/aromatic N) is 8. The Morgan fingerprint density at radius 3 is 2.62 bits per heavy atom. The predicted molar refractivity (Wildman–Crippen MR) is 100 cm³/mol. The van der Waals surface area contributed by atoms with Gasteiger partial charge in [-0.15, -0.1) is 14.8 Å². The summed E-state index contributed by atoms with van der Waals surface area (Å²) >= 11 is 0. The van der Waals surface area contributed by atoms with E-state index in [1.807, 2.05) is 12.1 Å². The highest BCUT2D eigenvalue weighted by atomic mass is 15.6. The molecule has 0 aliphatic carbocycles. The third kappa shape index (κ3) is 3.97. The van der Waals surface area contributed by atoms with E-state index in [2.05, 4.69) is 72.7 Å². The van der Waals surface area contributed by atoms with Crippen LogP contribution >= 0.6 is 0 Å². The van der Waals surface area contributed by atoms with Crippen LogP contribution in [0.2, 0.25) is 0 Å². The van der Waals surface area contributed by atoms with Crippen LogP contribution in [-0.2, 0) is 6.54 Å². The first-order valence-electron chi connectivity index (χ1n) is 9.03. The molecule has 0 N–H and O–H groups in total. The molecule has 1 aliphatic rings. The molecule has 26 heavy (non-hydrogen) atoms. The standard InChI is InChI=1S/C18H24N8/c1-23(15-16-5-3-2-4-6-16)9-10-24-11-13-25(14-12-24)18-8-7-17-19-21-22-26(17)20-18/h2-8H,9-15H2,1H3. The molecular weight excluding hydrogens is 328 g/mol. The summed E-state index contributed by atoms with van der Waals surface area (Å²) in [6, 6.07) is 14.5. The molecule has 2 aromatic heterocycles. The van der Waals surface area contributed by atoms with Gasteiger partial charge in [0.25, 0.3) is 0 Å². The van der Waals surface area contributed by atoms with Crippen LogP contribution in [0.5, 0.6) is 0 Å². The smallest absolute Gasteiger partial charge is 0.200 e. The number of anilines is 1. The van der Waals surface area contributed by atoms with Crippen molar-refractivity contribution in [2.45, 2.75) is 6.54 Å². The topological polar surface area (TPSA) is 65.7 Å². The van der Waals surface area contributed by atoms with E-state index in [1.54, 1.807) is 0 Å². The number of piperazine rings is 1. The van der Waals surface area contributed by atoms with Gasteiger partial charge in [-0.3, -0.25) is 4.90 Å². The zero-order chi connectivity index (χ0) is 17.8. The Hall–Kier alpha value is -2.58. The summed E-state index contributed by atoms with van der Waals surface area (Å²) in [5, 5.41) is 15.9. The highest BCUT2D eigenvalue weighted by Crippen LogP contribution is 2.13. The molecule has 1 fully saturated rings. The third-order valence-corrected chi connectivity index (χ3v) is 4.85. The van der Waals surface area contributed by atoms with Crippen LogP contribution in [0.15, 0.2) is 42.5 Å². The fourth-order valence-corrected chi connectivity index (χ4v) is 3.30. The number of benzene rings is 1. The first kappa shape index (κ1) is 16.9. The molecule has 0 atom stereocenters. The number of rotatable bonds is 6. The minimum atomic E-state index is 0.675. The summed E-state index contributed by atoms with van der Waals surface area (Å²) in [4.78, 5) is 7.20. The van der Waals surface area contributed by atoms with Crippen LogP contribution in [0, 0.1) is 0 Å². The van der Waals surface area contributed by atoms with Crippen LogP contribution < -0.4 is 4.90 Å². The Bertz CT molecular complexity index is 825. The van der Waals surface area contributed by atoms with Crippen molar-refractivity contribution in [1.82, 2.24) is 35.1 Å². The summed E-state index contributed by atoms with van der Waals surface area (Å²) in [7, 11) is 2.19. The molecular formula is C18H24N8. The Balaban J connectivity index is 1.24. The van der Waals surface area contributed by atoms with Gasteiger partial charge in [0.2, 0.25) is 0 Å². The zero-order valence-electron chi connectivity index (χ0n) is 15.1. The summed E-state index contributed by atoms with van der Waals surface area (Å²) < 4.78 is 1.49. The molecule has 3 heterocycles. The van der Waals surface area contributed by atoms with Crippen molar-refractivity contribution in [2.75, 3.05) is 51.2 Å². The van der Waals surface area contributed by atoms with E-state index in [4.69, 9.17) is 0 Å². The predicted octanol–water partition coefficient (Wildman–Crippen LogP) is 0.773. The largest absolute Gasteiger partial charge is 0.353 e. The fourth-order valence-electron chi connectivity index (χ4n) is 3.30. The fraction of sp³-hybridized carbons (Fsp3) is 0.444. The molecule has 136 valence electrons. The number of tetrazole rings is 1. The van der Waals surface area contributed by atoms with Crippen molar-refractivity contribution in [3.8, 4) is 0 Å². The Labute approximate surface area is 153 Å².